The molecule has 0 saturated carbocycles. The van der Waals surface area contributed by atoms with Gasteiger partial charge in [-0.05, 0) is 35.6 Å². The summed E-state index contributed by atoms with van der Waals surface area (Å²) in [5.41, 5.74) is 1.34. The Morgan fingerprint density at radius 2 is 1.78 bits per heavy atom. The number of carbonyl (C=O) groups excluding carboxylic acids is 3. The number of nitrogens with zero attached hydrogens (tertiary/aromatic N) is 5. The van der Waals surface area contributed by atoms with Crippen LogP contribution in [0.4, 0.5) is 0 Å². The van der Waals surface area contributed by atoms with Gasteiger partial charge in [-0.2, -0.15) is 0 Å². The molecule has 4 heterocycles. The van der Waals surface area contributed by atoms with Gasteiger partial charge in [0.05, 0.1) is 0 Å². The number of hydrogen-bond acceptors (Lipinski definition) is 5. The maximum absolute atomic E-state index is 13.3. The Morgan fingerprint density at radius 1 is 0.969 bits per heavy atom. The lowest BCUT2D eigenvalue weighted by atomic mass is 10.1. The van der Waals surface area contributed by atoms with Crippen molar-refractivity contribution >= 4 is 28.5 Å². The molecule has 32 heavy (non-hydrogen) atoms. The van der Waals surface area contributed by atoms with Gasteiger partial charge in [-0.15, -0.1) is 0 Å². The van der Waals surface area contributed by atoms with Crippen LogP contribution in [-0.2, 0) is 16.1 Å². The summed E-state index contributed by atoms with van der Waals surface area (Å²) in [6, 6.07) is 12.7. The van der Waals surface area contributed by atoms with E-state index in [9.17, 15) is 14.4 Å². The average Bonchev–Trinajstić information content (AvgIpc) is 3.06. The van der Waals surface area contributed by atoms with Crippen LogP contribution < -0.4 is 0 Å². The minimum Gasteiger partial charge on any atom is -0.335 e. The second-order valence-corrected chi connectivity index (χ2v) is 8.11. The lowest BCUT2D eigenvalue weighted by molar-refractivity contribution is -0.156. The first kappa shape index (κ1) is 20.1. The van der Waals surface area contributed by atoms with E-state index in [2.05, 4.69) is 9.97 Å². The third kappa shape index (κ3) is 3.68. The summed E-state index contributed by atoms with van der Waals surface area (Å²) in [5.74, 6) is -0.324. The van der Waals surface area contributed by atoms with Gasteiger partial charge in [0.25, 0.3) is 5.91 Å². The summed E-state index contributed by atoms with van der Waals surface area (Å²) in [7, 11) is 0. The van der Waals surface area contributed by atoms with Crippen LogP contribution in [0.25, 0.3) is 10.8 Å². The first-order valence-electron chi connectivity index (χ1n) is 10.7. The van der Waals surface area contributed by atoms with E-state index in [1.807, 2.05) is 42.5 Å². The van der Waals surface area contributed by atoms with Crippen molar-refractivity contribution in [2.45, 2.75) is 19.0 Å². The number of amides is 3. The molecule has 2 aromatic heterocycles. The molecule has 2 saturated heterocycles. The molecule has 1 unspecified atom stereocenters. The number of carbonyl (C=O) groups is 3. The van der Waals surface area contributed by atoms with Gasteiger partial charge in [0, 0.05) is 50.2 Å². The quantitative estimate of drug-likeness (QED) is 0.633. The number of rotatable bonds is 3. The Bertz CT molecular complexity index is 1180. The molecule has 0 radical (unpaired) electrons. The van der Waals surface area contributed by atoms with E-state index in [4.69, 9.17) is 0 Å². The van der Waals surface area contributed by atoms with Gasteiger partial charge in [0.2, 0.25) is 11.8 Å². The number of fused-ring (bicyclic) bond motifs is 2. The normalized spacial score (nSPS) is 19.1. The Kier molecular flexibility index (Phi) is 5.26. The Morgan fingerprint density at radius 3 is 2.62 bits per heavy atom. The summed E-state index contributed by atoms with van der Waals surface area (Å²) in [5, 5.41) is 1.76. The van der Waals surface area contributed by atoms with Crippen LogP contribution in [0.15, 0.2) is 61.1 Å². The molecule has 0 bridgehead atoms. The number of hydrogen-bond donors (Lipinski definition) is 0. The Balaban J connectivity index is 1.34. The smallest absolute Gasteiger partial charge is 0.273 e. The molecule has 8 heteroatoms. The van der Waals surface area contributed by atoms with Crippen LogP contribution in [0.3, 0.4) is 0 Å². The second kappa shape index (κ2) is 8.37. The van der Waals surface area contributed by atoms with Crippen molar-refractivity contribution in [3.8, 4) is 0 Å². The zero-order valence-corrected chi connectivity index (χ0v) is 17.6. The summed E-state index contributed by atoms with van der Waals surface area (Å²) >= 11 is 0. The summed E-state index contributed by atoms with van der Waals surface area (Å²) in [4.78, 5) is 52.6. The van der Waals surface area contributed by atoms with Crippen LogP contribution in [0.2, 0.25) is 0 Å². The maximum atomic E-state index is 13.3. The van der Waals surface area contributed by atoms with Gasteiger partial charge in [-0.1, -0.05) is 24.3 Å². The van der Waals surface area contributed by atoms with E-state index in [-0.39, 0.29) is 24.3 Å². The number of piperazine rings is 1. The fourth-order valence-corrected chi connectivity index (χ4v) is 4.51. The van der Waals surface area contributed by atoms with Crippen LogP contribution in [0.5, 0.6) is 0 Å². The van der Waals surface area contributed by atoms with Crippen molar-refractivity contribution in [3.05, 3.63) is 72.3 Å². The molecular formula is C24H23N5O3. The highest BCUT2D eigenvalue weighted by Crippen LogP contribution is 2.23. The van der Waals surface area contributed by atoms with Gasteiger partial charge in [-0.25, -0.2) is 0 Å². The summed E-state index contributed by atoms with van der Waals surface area (Å²) in [6.07, 6.45) is 5.40. The van der Waals surface area contributed by atoms with Crippen LogP contribution in [-0.4, -0.2) is 74.6 Å². The molecule has 2 aliphatic rings. The molecule has 0 N–H and O–H groups in total. The third-order valence-electron chi connectivity index (χ3n) is 6.19. The zero-order valence-electron chi connectivity index (χ0n) is 17.6. The Hall–Kier alpha value is -3.81. The van der Waals surface area contributed by atoms with Crippen molar-refractivity contribution < 1.29 is 14.4 Å². The molecule has 2 aliphatic heterocycles. The topological polar surface area (TPSA) is 86.7 Å². The predicted molar refractivity (Wildman–Crippen MR) is 117 cm³/mol. The molecule has 8 nitrogen and oxygen atoms in total. The van der Waals surface area contributed by atoms with Crippen LogP contribution in [0, 0.1) is 0 Å². The van der Waals surface area contributed by atoms with Crippen LogP contribution >= 0.6 is 0 Å². The van der Waals surface area contributed by atoms with Crippen molar-refractivity contribution in [2.75, 3.05) is 26.2 Å². The van der Waals surface area contributed by atoms with E-state index >= 15 is 0 Å². The number of pyridine rings is 2. The molecule has 0 spiro atoms. The molecule has 3 aromatic rings. The van der Waals surface area contributed by atoms with E-state index in [0.29, 0.717) is 38.3 Å². The van der Waals surface area contributed by atoms with Crippen LogP contribution in [0.1, 0.15) is 22.5 Å². The fourth-order valence-electron chi connectivity index (χ4n) is 4.51. The molecule has 5 rings (SSSR count). The highest BCUT2D eigenvalue weighted by atomic mass is 16.2. The molecule has 3 amide bonds. The molecule has 1 aromatic carbocycles. The SMILES string of the molecule is O=C(c1nccc2ccccc12)N1CCC2C(=O)N(Cc3ccncc3)CC(=O)N2CC1. The van der Waals surface area contributed by atoms with Gasteiger partial charge in [0.1, 0.15) is 18.3 Å². The molecule has 2 fully saturated rings. The summed E-state index contributed by atoms with van der Waals surface area (Å²) < 4.78 is 0. The van der Waals surface area contributed by atoms with E-state index in [1.165, 1.54) is 0 Å². The lowest BCUT2D eigenvalue weighted by Gasteiger charge is -2.39. The van der Waals surface area contributed by atoms with Gasteiger partial charge in [-0.3, -0.25) is 24.4 Å². The standard InChI is InChI=1S/C24H23N5O3/c30-21-16-28(15-17-5-9-25-10-6-17)23(31)20-8-12-27(13-14-29(20)21)24(32)22-19-4-2-1-3-18(19)7-11-26-22/h1-7,9-11,20H,8,12-16H2. The van der Waals surface area contributed by atoms with E-state index < -0.39 is 6.04 Å². The lowest BCUT2D eigenvalue weighted by Crippen LogP contribution is -2.59. The van der Waals surface area contributed by atoms with Crippen molar-refractivity contribution in [1.82, 2.24) is 24.7 Å². The maximum Gasteiger partial charge on any atom is 0.273 e. The average molecular weight is 429 g/mol. The predicted octanol–water partition coefficient (Wildman–Crippen LogP) is 1.72. The van der Waals surface area contributed by atoms with Gasteiger partial charge in [0.15, 0.2) is 0 Å². The minimum atomic E-state index is -0.545. The molecular weight excluding hydrogens is 406 g/mol. The van der Waals surface area contributed by atoms with Gasteiger partial charge < -0.3 is 14.7 Å². The number of aromatic nitrogens is 2. The molecule has 0 aliphatic carbocycles. The monoisotopic (exact) mass is 429 g/mol. The highest BCUT2D eigenvalue weighted by molar-refractivity contribution is 6.05. The van der Waals surface area contributed by atoms with E-state index in [0.717, 1.165) is 16.3 Å². The highest BCUT2D eigenvalue weighted by Gasteiger charge is 2.41. The third-order valence-corrected chi connectivity index (χ3v) is 6.19. The fraction of sp³-hybridized carbons (Fsp3) is 0.292. The van der Waals surface area contributed by atoms with Gasteiger partial charge >= 0.3 is 0 Å². The second-order valence-electron chi connectivity index (χ2n) is 8.11. The molecule has 162 valence electrons. The summed E-state index contributed by atoms with van der Waals surface area (Å²) in [6.45, 7) is 1.54. The molecule has 1 atom stereocenters. The van der Waals surface area contributed by atoms with E-state index in [1.54, 1.807) is 33.3 Å². The first-order valence-corrected chi connectivity index (χ1v) is 10.7. The van der Waals surface area contributed by atoms with Crippen molar-refractivity contribution in [2.24, 2.45) is 0 Å². The number of benzene rings is 1. The largest absolute Gasteiger partial charge is 0.335 e. The zero-order chi connectivity index (χ0) is 22.1. The van der Waals surface area contributed by atoms with Crippen molar-refractivity contribution in [3.63, 3.8) is 0 Å². The van der Waals surface area contributed by atoms with Crippen molar-refractivity contribution in [1.29, 1.82) is 0 Å². The Labute approximate surface area is 185 Å². The minimum absolute atomic E-state index is 0.0521. The first-order chi connectivity index (χ1) is 15.6.